The lowest BCUT2D eigenvalue weighted by Crippen LogP contribution is -2.49. The maximum Gasteiger partial charge on any atom is 0.258 e. The third-order valence-electron chi connectivity index (χ3n) is 6.04. The van der Waals surface area contributed by atoms with Crippen LogP contribution in [0.15, 0.2) is 54.6 Å². The van der Waals surface area contributed by atoms with Gasteiger partial charge in [0.1, 0.15) is 11.8 Å². The van der Waals surface area contributed by atoms with Crippen LogP contribution in [-0.4, -0.2) is 47.4 Å². The molecule has 1 saturated heterocycles. The molecular weight excluding hydrogens is 454 g/mol. The number of para-hydroxylation sites is 1. The molecule has 3 amide bonds. The van der Waals surface area contributed by atoms with Crippen molar-refractivity contribution < 1.29 is 19.1 Å². The van der Waals surface area contributed by atoms with E-state index < -0.39 is 11.9 Å². The SMILES string of the molecule is CC(C)C[C@H](NC(=O)c1ccccc1OCC(=O)NC(C)(C)C)C(=O)N1CCC[C@@H]1c1ccccc1. The minimum absolute atomic E-state index is 0.0159. The summed E-state index contributed by atoms with van der Waals surface area (Å²) in [5, 5.41) is 5.81. The topological polar surface area (TPSA) is 87.7 Å². The van der Waals surface area contributed by atoms with Crippen molar-refractivity contribution in [3.8, 4) is 5.75 Å². The smallest absolute Gasteiger partial charge is 0.258 e. The second-order valence-corrected chi connectivity index (χ2v) is 10.8. The minimum atomic E-state index is -0.654. The highest BCUT2D eigenvalue weighted by Crippen LogP contribution is 2.33. The van der Waals surface area contributed by atoms with E-state index in [1.165, 1.54) is 0 Å². The van der Waals surface area contributed by atoms with Crippen molar-refractivity contribution in [2.75, 3.05) is 13.2 Å². The Morgan fingerprint density at radius 3 is 2.36 bits per heavy atom. The molecule has 0 aliphatic carbocycles. The van der Waals surface area contributed by atoms with Gasteiger partial charge in [0, 0.05) is 12.1 Å². The number of ether oxygens (including phenoxy) is 1. The van der Waals surface area contributed by atoms with E-state index in [2.05, 4.69) is 22.8 Å². The molecular formula is C29H39N3O4. The first-order chi connectivity index (χ1) is 17.0. The standard InChI is InChI=1S/C29H39N3O4/c1-20(2)18-23(28(35)32-17-11-15-24(32)21-12-7-6-8-13-21)30-27(34)22-14-9-10-16-25(22)36-19-26(33)31-29(3,4)5/h6-10,12-14,16,20,23-24H,11,15,17-19H2,1-5H3,(H,30,34)(H,31,33)/t23-,24+/m0/s1. The van der Waals surface area contributed by atoms with Gasteiger partial charge in [-0.1, -0.05) is 56.3 Å². The summed E-state index contributed by atoms with van der Waals surface area (Å²) in [6.07, 6.45) is 2.37. The van der Waals surface area contributed by atoms with Crippen LogP contribution in [0.2, 0.25) is 0 Å². The number of hydrogen-bond acceptors (Lipinski definition) is 4. The van der Waals surface area contributed by atoms with Gasteiger partial charge in [-0.3, -0.25) is 14.4 Å². The van der Waals surface area contributed by atoms with E-state index in [0.29, 0.717) is 24.3 Å². The van der Waals surface area contributed by atoms with Gasteiger partial charge < -0.3 is 20.3 Å². The Labute approximate surface area is 214 Å². The highest BCUT2D eigenvalue weighted by molar-refractivity contribution is 5.99. The molecule has 2 aromatic carbocycles. The second-order valence-electron chi connectivity index (χ2n) is 10.8. The zero-order valence-corrected chi connectivity index (χ0v) is 22.0. The molecule has 0 bridgehead atoms. The van der Waals surface area contributed by atoms with Crippen LogP contribution in [0.4, 0.5) is 0 Å². The fourth-order valence-electron chi connectivity index (χ4n) is 4.56. The van der Waals surface area contributed by atoms with Gasteiger partial charge in [0.2, 0.25) is 5.91 Å². The molecule has 194 valence electrons. The number of benzene rings is 2. The predicted molar refractivity (Wildman–Crippen MR) is 141 cm³/mol. The molecule has 1 fully saturated rings. The van der Waals surface area contributed by atoms with E-state index in [-0.39, 0.29) is 35.9 Å². The van der Waals surface area contributed by atoms with E-state index in [0.717, 1.165) is 18.4 Å². The van der Waals surface area contributed by atoms with Gasteiger partial charge >= 0.3 is 0 Å². The molecule has 1 aliphatic rings. The average molecular weight is 494 g/mol. The normalized spacial score (nSPS) is 16.5. The summed E-state index contributed by atoms with van der Waals surface area (Å²) in [5.74, 6) is -0.211. The minimum Gasteiger partial charge on any atom is -0.483 e. The van der Waals surface area contributed by atoms with Gasteiger partial charge in [0.05, 0.1) is 11.6 Å². The summed E-state index contributed by atoms with van der Waals surface area (Å²) >= 11 is 0. The highest BCUT2D eigenvalue weighted by atomic mass is 16.5. The summed E-state index contributed by atoms with van der Waals surface area (Å²) in [4.78, 5) is 41.1. The number of carbonyl (C=O) groups excluding carboxylic acids is 3. The van der Waals surface area contributed by atoms with Crippen LogP contribution < -0.4 is 15.4 Å². The zero-order chi connectivity index (χ0) is 26.3. The Morgan fingerprint density at radius 2 is 1.69 bits per heavy atom. The summed E-state index contributed by atoms with van der Waals surface area (Å²) in [6.45, 7) is 10.2. The van der Waals surface area contributed by atoms with Gasteiger partial charge in [0.15, 0.2) is 6.61 Å². The quantitative estimate of drug-likeness (QED) is 0.539. The van der Waals surface area contributed by atoms with Crippen LogP contribution in [0, 0.1) is 5.92 Å². The van der Waals surface area contributed by atoms with Crippen molar-refractivity contribution in [3.63, 3.8) is 0 Å². The molecule has 1 aliphatic heterocycles. The molecule has 0 aromatic heterocycles. The third kappa shape index (κ3) is 7.57. The molecule has 1 heterocycles. The molecule has 0 radical (unpaired) electrons. The summed E-state index contributed by atoms with van der Waals surface area (Å²) < 4.78 is 5.70. The fourth-order valence-corrected chi connectivity index (χ4v) is 4.56. The molecule has 0 saturated carbocycles. The summed E-state index contributed by atoms with van der Waals surface area (Å²) in [5.41, 5.74) is 1.03. The lowest BCUT2D eigenvalue weighted by Gasteiger charge is -2.30. The number of hydrogen-bond donors (Lipinski definition) is 2. The molecule has 2 atom stereocenters. The molecule has 2 N–H and O–H groups in total. The number of carbonyl (C=O) groups is 3. The predicted octanol–water partition coefficient (Wildman–Crippen LogP) is 4.49. The lowest BCUT2D eigenvalue weighted by atomic mass is 10.00. The van der Waals surface area contributed by atoms with Crippen LogP contribution in [0.5, 0.6) is 5.75 Å². The van der Waals surface area contributed by atoms with E-state index in [4.69, 9.17) is 4.74 Å². The van der Waals surface area contributed by atoms with Crippen molar-refractivity contribution in [1.82, 2.24) is 15.5 Å². The number of nitrogens with zero attached hydrogens (tertiary/aromatic N) is 1. The third-order valence-corrected chi connectivity index (χ3v) is 6.04. The molecule has 0 spiro atoms. The van der Waals surface area contributed by atoms with E-state index in [1.807, 2.05) is 57.7 Å². The van der Waals surface area contributed by atoms with E-state index in [9.17, 15) is 14.4 Å². The first kappa shape index (κ1) is 27.2. The Kier molecular flexibility index (Phi) is 9.13. The molecule has 3 rings (SSSR count). The second kappa shape index (κ2) is 12.1. The number of nitrogens with one attached hydrogen (secondary N) is 2. The monoisotopic (exact) mass is 493 g/mol. The van der Waals surface area contributed by atoms with Crippen LogP contribution in [-0.2, 0) is 9.59 Å². The molecule has 7 nitrogen and oxygen atoms in total. The maximum absolute atomic E-state index is 13.7. The van der Waals surface area contributed by atoms with Crippen molar-refractivity contribution >= 4 is 17.7 Å². The average Bonchev–Trinajstić information content (AvgIpc) is 3.31. The van der Waals surface area contributed by atoms with E-state index >= 15 is 0 Å². The largest absolute Gasteiger partial charge is 0.483 e. The Morgan fingerprint density at radius 1 is 1.03 bits per heavy atom. The lowest BCUT2D eigenvalue weighted by molar-refractivity contribution is -0.134. The van der Waals surface area contributed by atoms with E-state index in [1.54, 1.807) is 24.3 Å². The van der Waals surface area contributed by atoms with Crippen molar-refractivity contribution in [2.24, 2.45) is 5.92 Å². The van der Waals surface area contributed by atoms with Crippen LogP contribution >= 0.6 is 0 Å². The number of rotatable bonds is 9. The summed E-state index contributed by atoms with van der Waals surface area (Å²) in [7, 11) is 0. The fraction of sp³-hybridized carbons (Fsp3) is 0.483. The Balaban J connectivity index is 1.74. The molecule has 36 heavy (non-hydrogen) atoms. The van der Waals surface area contributed by atoms with Gasteiger partial charge in [0.25, 0.3) is 11.8 Å². The van der Waals surface area contributed by atoms with Crippen LogP contribution in [0.3, 0.4) is 0 Å². The van der Waals surface area contributed by atoms with Crippen molar-refractivity contribution in [3.05, 3.63) is 65.7 Å². The Hall–Kier alpha value is -3.35. The van der Waals surface area contributed by atoms with Crippen LogP contribution in [0.25, 0.3) is 0 Å². The number of likely N-dealkylation sites (tertiary alicyclic amines) is 1. The van der Waals surface area contributed by atoms with Gasteiger partial charge in [-0.2, -0.15) is 0 Å². The van der Waals surface area contributed by atoms with Crippen molar-refractivity contribution in [2.45, 2.75) is 71.5 Å². The highest BCUT2D eigenvalue weighted by Gasteiger charge is 2.35. The maximum atomic E-state index is 13.7. The van der Waals surface area contributed by atoms with Crippen molar-refractivity contribution in [1.29, 1.82) is 0 Å². The molecule has 7 heteroatoms. The Bertz CT molecular complexity index is 1050. The van der Waals surface area contributed by atoms with Gasteiger partial charge in [-0.15, -0.1) is 0 Å². The zero-order valence-electron chi connectivity index (χ0n) is 22.0. The molecule has 0 unspecified atom stereocenters. The molecule has 2 aromatic rings. The summed E-state index contributed by atoms with van der Waals surface area (Å²) in [6, 6.07) is 16.2. The van der Waals surface area contributed by atoms with Crippen LogP contribution in [0.1, 0.15) is 75.8 Å². The first-order valence-corrected chi connectivity index (χ1v) is 12.7. The number of amides is 3. The van der Waals surface area contributed by atoms with Gasteiger partial charge in [-0.25, -0.2) is 0 Å². The first-order valence-electron chi connectivity index (χ1n) is 12.7. The van der Waals surface area contributed by atoms with Gasteiger partial charge in [-0.05, 0) is 63.6 Å².